The largest absolute Gasteiger partial charge is 0.455 e. The van der Waals surface area contributed by atoms with Crippen LogP contribution in [0.25, 0.3) is 11.1 Å². The zero-order chi connectivity index (χ0) is 21.0. The number of para-hydroxylation sites is 1. The number of sulfone groups is 1. The predicted molar refractivity (Wildman–Crippen MR) is 116 cm³/mol. The molecule has 0 unspecified atom stereocenters. The molecule has 4 aromatic rings. The molecule has 4 rings (SSSR count). The third-order valence-corrected chi connectivity index (χ3v) is 6.24. The molecule has 1 heterocycles. The van der Waals surface area contributed by atoms with Crippen molar-refractivity contribution in [2.45, 2.75) is 10.6 Å². The van der Waals surface area contributed by atoms with Gasteiger partial charge in [0.15, 0.2) is 15.6 Å². The lowest BCUT2D eigenvalue weighted by Crippen LogP contribution is -2.11. The van der Waals surface area contributed by atoms with E-state index in [0.29, 0.717) is 5.69 Å². The van der Waals surface area contributed by atoms with E-state index in [2.05, 4.69) is 5.32 Å². The molecule has 5 nitrogen and oxygen atoms in total. The third kappa shape index (κ3) is 4.34. The van der Waals surface area contributed by atoms with Crippen LogP contribution >= 0.6 is 0 Å². The van der Waals surface area contributed by atoms with Crippen molar-refractivity contribution in [3.8, 4) is 11.1 Å². The molecule has 0 spiro atoms. The summed E-state index contributed by atoms with van der Waals surface area (Å²) in [6, 6.07) is 28.3. The number of furan rings is 1. The Hall–Kier alpha value is -3.64. The lowest BCUT2D eigenvalue weighted by molar-refractivity contribution is 0.0995. The molecule has 0 atom stereocenters. The van der Waals surface area contributed by atoms with Crippen LogP contribution in [0.2, 0.25) is 0 Å². The van der Waals surface area contributed by atoms with Crippen LogP contribution in [0.4, 0.5) is 5.69 Å². The molecule has 0 aliphatic carbocycles. The molecule has 0 aliphatic heterocycles. The summed E-state index contributed by atoms with van der Waals surface area (Å²) in [5, 5.41) is 2.85. The maximum Gasteiger partial charge on any atom is 0.291 e. The van der Waals surface area contributed by atoms with E-state index in [4.69, 9.17) is 4.42 Å². The van der Waals surface area contributed by atoms with Gasteiger partial charge in [0, 0.05) is 11.3 Å². The molecule has 0 saturated carbocycles. The van der Waals surface area contributed by atoms with Crippen molar-refractivity contribution >= 4 is 21.4 Å². The van der Waals surface area contributed by atoms with Gasteiger partial charge in [-0.25, -0.2) is 8.42 Å². The number of nitrogens with one attached hydrogen (secondary N) is 1. The minimum atomic E-state index is -3.55. The molecule has 1 aromatic heterocycles. The van der Waals surface area contributed by atoms with Crippen molar-refractivity contribution in [1.82, 2.24) is 0 Å². The van der Waals surface area contributed by atoms with Crippen LogP contribution in [0.1, 0.15) is 16.3 Å². The minimum Gasteiger partial charge on any atom is -0.455 e. The maximum atomic E-state index is 12.7. The molecular weight excluding hydrogens is 398 g/mol. The van der Waals surface area contributed by atoms with Crippen molar-refractivity contribution in [3.05, 3.63) is 109 Å². The first-order chi connectivity index (χ1) is 14.5. The molecule has 1 N–H and O–H groups in total. The van der Waals surface area contributed by atoms with E-state index in [9.17, 15) is 13.2 Å². The fraction of sp³-hybridized carbons (Fsp3) is 0.0417. The number of carbonyl (C=O) groups excluding carboxylic acids is 1. The van der Waals surface area contributed by atoms with Gasteiger partial charge in [-0.1, -0.05) is 66.7 Å². The van der Waals surface area contributed by atoms with Crippen LogP contribution in [-0.2, 0) is 15.6 Å². The van der Waals surface area contributed by atoms with Crippen LogP contribution in [0, 0.1) is 0 Å². The van der Waals surface area contributed by atoms with Gasteiger partial charge >= 0.3 is 0 Å². The van der Waals surface area contributed by atoms with Gasteiger partial charge in [0.2, 0.25) is 0 Å². The maximum absolute atomic E-state index is 12.7. The van der Waals surface area contributed by atoms with Crippen molar-refractivity contribution in [2.24, 2.45) is 0 Å². The molecule has 6 heteroatoms. The number of carbonyl (C=O) groups is 1. The highest BCUT2D eigenvalue weighted by Gasteiger charge is 2.19. The summed E-state index contributed by atoms with van der Waals surface area (Å²) < 4.78 is 30.6. The van der Waals surface area contributed by atoms with Gasteiger partial charge in [-0.2, -0.15) is 0 Å². The topological polar surface area (TPSA) is 76.4 Å². The van der Waals surface area contributed by atoms with Gasteiger partial charge in [0.05, 0.1) is 4.90 Å². The Kier molecular flexibility index (Phi) is 5.50. The Morgan fingerprint density at radius 3 is 2.13 bits per heavy atom. The Morgan fingerprint density at radius 2 is 1.40 bits per heavy atom. The standard InChI is InChI=1S/C24H19NO4S/c26-24(25-22-14-8-7-13-21(22)18-9-3-1-4-10-18)23-16-15-19(29-23)17-30(27,28)20-11-5-2-6-12-20/h1-16H,17H2,(H,25,26). The monoisotopic (exact) mass is 417 g/mol. The highest BCUT2D eigenvalue weighted by molar-refractivity contribution is 7.90. The molecular formula is C24H19NO4S. The summed E-state index contributed by atoms with van der Waals surface area (Å²) in [7, 11) is -3.55. The van der Waals surface area contributed by atoms with Crippen molar-refractivity contribution < 1.29 is 17.6 Å². The molecule has 0 bridgehead atoms. The van der Waals surface area contributed by atoms with E-state index in [-0.39, 0.29) is 22.2 Å². The molecule has 0 fully saturated rings. The SMILES string of the molecule is O=C(Nc1ccccc1-c1ccccc1)c1ccc(CS(=O)(=O)c2ccccc2)o1. The minimum absolute atomic E-state index is 0.0520. The van der Waals surface area contributed by atoms with E-state index < -0.39 is 15.7 Å². The number of anilines is 1. The van der Waals surface area contributed by atoms with Gasteiger partial charge in [-0.15, -0.1) is 0 Å². The van der Waals surface area contributed by atoms with E-state index in [1.54, 1.807) is 18.2 Å². The summed E-state index contributed by atoms with van der Waals surface area (Å²) in [5.41, 5.74) is 2.50. The number of hydrogen-bond acceptors (Lipinski definition) is 4. The van der Waals surface area contributed by atoms with Gasteiger partial charge in [-0.3, -0.25) is 4.79 Å². The van der Waals surface area contributed by atoms with Crippen molar-refractivity contribution in [1.29, 1.82) is 0 Å². The van der Waals surface area contributed by atoms with Crippen LogP contribution in [0.3, 0.4) is 0 Å². The summed E-state index contributed by atoms with van der Waals surface area (Å²) >= 11 is 0. The van der Waals surface area contributed by atoms with E-state index >= 15 is 0 Å². The van der Waals surface area contributed by atoms with Crippen molar-refractivity contribution in [3.63, 3.8) is 0 Å². The first kappa shape index (κ1) is 19.7. The Labute approximate surface area is 174 Å². The van der Waals surface area contributed by atoms with Crippen LogP contribution in [0.15, 0.2) is 106 Å². The quantitative estimate of drug-likeness (QED) is 0.469. The van der Waals surface area contributed by atoms with Crippen molar-refractivity contribution in [2.75, 3.05) is 5.32 Å². The summed E-state index contributed by atoms with van der Waals surface area (Å²) in [5.74, 6) is -0.497. The Bertz CT molecular complexity index is 1260. The molecule has 150 valence electrons. The smallest absolute Gasteiger partial charge is 0.291 e. The normalized spacial score (nSPS) is 11.2. The van der Waals surface area contributed by atoms with Crippen LogP contribution < -0.4 is 5.32 Å². The summed E-state index contributed by atoms with van der Waals surface area (Å²) in [6.45, 7) is 0. The zero-order valence-electron chi connectivity index (χ0n) is 16.0. The molecule has 30 heavy (non-hydrogen) atoms. The Balaban J connectivity index is 1.52. The first-order valence-corrected chi connectivity index (χ1v) is 11.0. The predicted octanol–water partition coefficient (Wildman–Crippen LogP) is 5.17. The highest BCUT2D eigenvalue weighted by atomic mass is 32.2. The molecule has 1 amide bonds. The second kappa shape index (κ2) is 8.39. The highest BCUT2D eigenvalue weighted by Crippen LogP contribution is 2.28. The second-order valence-corrected chi connectivity index (χ2v) is 8.69. The van der Waals surface area contributed by atoms with Crippen LogP contribution in [0.5, 0.6) is 0 Å². The number of amides is 1. The lowest BCUT2D eigenvalue weighted by Gasteiger charge is -2.10. The van der Waals surface area contributed by atoms with E-state index in [1.165, 1.54) is 24.3 Å². The van der Waals surface area contributed by atoms with Gasteiger partial charge in [0.25, 0.3) is 5.91 Å². The molecule has 3 aromatic carbocycles. The molecule has 0 saturated heterocycles. The van der Waals surface area contributed by atoms with Gasteiger partial charge < -0.3 is 9.73 Å². The number of hydrogen-bond donors (Lipinski definition) is 1. The first-order valence-electron chi connectivity index (χ1n) is 9.35. The average molecular weight is 417 g/mol. The van der Waals surface area contributed by atoms with Gasteiger partial charge in [0.1, 0.15) is 11.5 Å². The molecule has 0 aliphatic rings. The zero-order valence-corrected chi connectivity index (χ0v) is 16.8. The molecule has 0 radical (unpaired) electrons. The van der Waals surface area contributed by atoms with Gasteiger partial charge in [-0.05, 0) is 35.9 Å². The number of rotatable bonds is 6. The summed E-state index contributed by atoms with van der Waals surface area (Å²) in [6.07, 6.45) is 0. The van der Waals surface area contributed by atoms with E-state index in [1.807, 2.05) is 54.6 Å². The van der Waals surface area contributed by atoms with Crippen LogP contribution in [-0.4, -0.2) is 14.3 Å². The lowest BCUT2D eigenvalue weighted by atomic mass is 10.0. The average Bonchev–Trinajstić information content (AvgIpc) is 3.23. The second-order valence-electron chi connectivity index (χ2n) is 6.70. The number of benzene rings is 3. The van der Waals surface area contributed by atoms with E-state index in [0.717, 1.165) is 11.1 Å². The Morgan fingerprint density at radius 1 is 0.767 bits per heavy atom. The fourth-order valence-electron chi connectivity index (χ4n) is 3.12. The fourth-order valence-corrected chi connectivity index (χ4v) is 4.39. The third-order valence-electron chi connectivity index (χ3n) is 4.58. The summed E-state index contributed by atoms with van der Waals surface area (Å²) in [4.78, 5) is 12.9.